The van der Waals surface area contributed by atoms with Crippen LogP contribution in [0, 0.1) is 0 Å². The maximum Gasteiger partial charge on any atom is 0.573 e. The fourth-order valence-electron chi connectivity index (χ4n) is 6.55. The number of piperidine rings is 1. The number of rotatable bonds is 11. The van der Waals surface area contributed by atoms with Gasteiger partial charge in [-0.3, -0.25) is 9.35 Å². The molecule has 1 saturated carbocycles. The van der Waals surface area contributed by atoms with Crippen molar-refractivity contribution >= 4 is 42.7 Å². The van der Waals surface area contributed by atoms with Gasteiger partial charge in [-0.1, -0.05) is 28.6 Å². The van der Waals surface area contributed by atoms with Gasteiger partial charge in [0.1, 0.15) is 17.2 Å². The van der Waals surface area contributed by atoms with E-state index in [0.29, 0.717) is 22.6 Å². The maximum atomic E-state index is 13.2. The molecule has 250 valence electrons. The molecule has 7 rings (SSSR count). The van der Waals surface area contributed by atoms with Crippen LogP contribution in [0.4, 0.5) is 18.3 Å². The molecular weight excluding hydrogens is 661 g/mol. The number of para-hydroxylation sites is 1. The molecule has 2 N–H and O–H groups in total. The molecule has 1 amide bonds. The van der Waals surface area contributed by atoms with Crippen molar-refractivity contribution < 1.29 is 44.9 Å². The van der Waals surface area contributed by atoms with E-state index in [-0.39, 0.29) is 48.6 Å². The molecule has 4 aromatic rings. The zero-order chi connectivity index (χ0) is 32.9. The number of hydrogen-bond donors (Lipinski definition) is 2. The number of hydrogen-bond acceptors (Lipinski definition) is 10. The van der Waals surface area contributed by atoms with Gasteiger partial charge in [0.15, 0.2) is 5.13 Å². The highest BCUT2D eigenvalue weighted by atomic mass is 32.2. The maximum absolute atomic E-state index is 13.2. The fraction of sp³-hybridized carbons (Fsp3) is 0.452. The minimum absolute atomic E-state index is 0.0763. The van der Waals surface area contributed by atoms with Gasteiger partial charge in [-0.25, -0.2) is 4.98 Å². The quantitative estimate of drug-likeness (QED) is 0.178. The zero-order valence-electron chi connectivity index (χ0n) is 24.9. The number of anilines is 1. The second kappa shape index (κ2) is 12.4. The molecule has 4 heterocycles. The lowest BCUT2D eigenvalue weighted by molar-refractivity contribution is -0.274. The first-order valence-corrected chi connectivity index (χ1v) is 17.7. The Morgan fingerprint density at radius 3 is 2.55 bits per heavy atom. The van der Waals surface area contributed by atoms with Crippen LogP contribution in [-0.4, -0.2) is 65.9 Å². The van der Waals surface area contributed by atoms with Gasteiger partial charge >= 0.3 is 6.36 Å². The molecule has 47 heavy (non-hydrogen) atoms. The standard InChI is InChI=1S/C31H31F3N4O7S2/c32-31(33,34)44-25-4-2-1-3-22(25)27-23(28(45-37-27)17-5-6-17)16-43-21-14-19-8-9-20(15-21)38(19)30-36-24-10-7-18(13-26(24)46-30)29(39)35-11-12-47(40,41)42/h1-4,7,10,13,17,19-21H,5-6,8-9,11-12,14-16H2,(H,35,39)(H,40,41,42)/t19-,20+,21?. The van der Waals surface area contributed by atoms with Gasteiger partial charge in [0, 0.05) is 41.2 Å². The van der Waals surface area contributed by atoms with E-state index >= 15 is 0 Å². The average molecular weight is 693 g/mol. The van der Waals surface area contributed by atoms with E-state index in [1.807, 2.05) is 0 Å². The van der Waals surface area contributed by atoms with Gasteiger partial charge in [0.05, 0.1) is 28.7 Å². The molecule has 3 fully saturated rings. The molecular formula is C31H31F3N4O7S2. The summed E-state index contributed by atoms with van der Waals surface area (Å²) in [6, 6.07) is 11.4. The zero-order valence-corrected chi connectivity index (χ0v) is 26.5. The van der Waals surface area contributed by atoms with Crippen molar-refractivity contribution in [3.63, 3.8) is 0 Å². The van der Waals surface area contributed by atoms with Gasteiger partial charge in [0.25, 0.3) is 16.0 Å². The number of ether oxygens (including phenoxy) is 2. The Labute approximate surface area is 271 Å². The van der Waals surface area contributed by atoms with Gasteiger partial charge in [-0.2, -0.15) is 8.42 Å². The summed E-state index contributed by atoms with van der Waals surface area (Å²) in [6.45, 7) is -0.0462. The Hall–Kier alpha value is -3.73. The Morgan fingerprint density at radius 2 is 1.85 bits per heavy atom. The van der Waals surface area contributed by atoms with Crippen LogP contribution in [0.1, 0.15) is 66.1 Å². The normalized spacial score (nSPS) is 21.4. The minimum atomic E-state index is -4.85. The molecule has 0 spiro atoms. The van der Waals surface area contributed by atoms with Crippen LogP contribution in [0.15, 0.2) is 47.0 Å². The van der Waals surface area contributed by atoms with Gasteiger partial charge in [0.2, 0.25) is 0 Å². The predicted molar refractivity (Wildman–Crippen MR) is 166 cm³/mol. The number of carbonyl (C=O) groups excluding carboxylic acids is 1. The van der Waals surface area contributed by atoms with Crippen molar-refractivity contribution in [2.24, 2.45) is 0 Å². The third-order valence-electron chi connectivity index (χ3n) is 8.79. The van der Waals surface area contributed by atoms with E-state index < -0.39 is 28.1 Å². The highest BCUT2D eigenvalue weighted by molar-refractivity contribution is 7.85. The number of aromatic nitrogens is 2. The number of halogens is 3. The van der Waals surface area contributed by atoms with E-state index in [2.05, 4.69) is 20.1 Å². The van der Waals surface area contributed by atoms with Crippen LogP contribution in [0.25, 0.3) is 21.5 Å². The summed E-state index contributed by atoms with van der Waals surface area (Å²) in [5.41, 5.74) is 2.27. The number of benzene rings is 2. The molecule has 11 nitrogen and oxygen atoms in total. The first kappa shape index (κ1) is 31.8. The molecule has 0 radical (unpaired) electrons. The van der Waals surface area contributed by atoms with Crippen LogP contribution in [0.3, 0.4) is 0 Å². The van der Waals surface area contributed by atoms with E-state index in [9.17, 15) is 26.4 Å². The molecule has 2 aliphatic heterocycles. The first-order chi connectivity index (χ1) is 22.4. The highest BCUT2D eigenvalue weighted by Crippen LogP contribution is 2.47. The lowest BCUT2D eigenvalue weighted by atomic mass is 10.00. The van der Waals surface area contributed by atoms with Gasteiger partial charge < -0.3 is 24.2 Å². The summed E-state index contributed by atoms with van der Waals surface area (Å²) in [6.07, 6.45) is 0.360. The monoisotopic (exact) mass is 692 g/mol. The molecule has 3 atom stereocenters. The van der Waals surface area contributed by atoms with Crippen LogP contribution >= 0.6 is 11.3 Å². The number of fused-ring (bicyclic) bond motifs is 3. The summed E-state index contributed by atoms with van der Waals surface area (Å²) in [4.78, 5) is 19.7. The van der Waals surface area contributed by atoms with Crippen molar-refractivity contribution in [3.05, 3.63) is 59.4 Å². The second-order valence-electron chi connectivity index (χ2n) is 12.1. The minimum Gasteiger partial charge on any atom is -0.405 e. The topological polar surface area (TPSA) is 144 Å². The van der Waals surface area contributed by atoms with Crippen LogP contribution in [-0.2, 0) is 21.5 Å². The average Bonchev–Trinajstić information content (AvgIpc) is 3.52. The Morgan fingerprint density at radius 1 is 1.11 bits per heavy atom. The summed E-state index contributed by atoms with van der Waals surface area (Å²) in [5.74, 6) is -0.528. The van der Waals surface area contributed by atoms with Crippen molar-refractivity contribution in [3.8, 4) is 17.0 Å². The number of nitrogens with zero attached hydrogens (tertiary/aromatic N) is 3. The Kier molecular flexibility index (Phi) is 8.39. The van der Waals surface area contributed by atoms with E-state index in [1.54, 1.807) is 24.3 Å². The third-order valence-corrected chi connectivity index (χ3v) is 10.5. The Balaban J connectivity index is 1.04. The largest absolute Gasteiger partial charge is 0.573 e. The molecule has 16 heteroatoms. The Bertz CT molecular complexity index is 1890. The van der Waals surface area contributed by atoms with Gasteiger partial charge in [-0.15, -0.1) is 13.2 Å². The second-order valence-corrected chi connectivity index (χ2v) is 14.7. The molecule has 2 aromatic carbocycles. The SMILES string of the molecule is O=C(NCCS(=O)(=O)O)c1ccc2nc(N3[C@@H]4CC[C@H]3CC(OCc3c(-c5ccccc5OC(F)(F)F)noc3C3CC3)C4)sc2c1. The number of nitrogens with one attached hydrogen (secondary N) is 1. The third kappa shape index (κ3) is 7.10. The van der Waals surface area contributed by atoms with Crippen LogP contribution in [0.5, 0.6) is 5.75 Å². The van der Waals surface area contributed by atoms with Crippen molar-refractivity contribution in [1.82, 2.24) is 15.5 Å². The smallest absolute Gasteiger partial charge is 0.405 e. The van der Waals surface area contributed by atoms with Gasteiger partial charge in [-0.05, 0) is 68.9 Å². The first-order valence-electron chi connectivity index (χ1n) is 15.3. The van der Waals surface area contributed by atoms with E-state index in [1.165, 1.54) is 29.5 Å². The molecule has 1 aliphatic carbocycles. The lowest BCUT2D eigenvalue weighted by Crippen LogP contribution is -2.45. The summed E-state index contributed by atoms with van der Waals surface area (Å²) >= 11 is 1.49. The van der Waals surface area contributed by atoms with Crippen molar-refractivity contribution in [2.75, 3.05) is 17.2 Å². The lowest BCUT2D eigenvalue weighted by Gasteiger charge is -2.38. The fourth-order valence-corrected chi connectivity index (χ4v) is 8.06. The van der Waals surface area contributed by atoms with Crippen molar-refractivity contribution in [1.29, 1.82) is 0 Å². The molecule has 1 unspecified atom stereocenters. The van der Waals surface area contributed by atoms with Crippen LogP contribution < -0.4 is 15.0 Å². The highest BCUT2D eigenvalue weighted by Gasteiger charge is 2.43. The van der Waals surface area contributed by atoms with Crippen molar-refractivity contribution in [2.45, 2.75) is 75.6 Å². The van der Waals surface area contributed by atoms with Crippen LogP contribution in [0.2, 0.25) is 0 Å². The summed E-state index contributed by atoms with van der Waals surface area (Å²) < 4.78 is 87.5. The molecule has 2 bridgehead atoms. The summed E-state index contributed by atoms with van der Waals surface area (Å²) in [5, 5.41) is 7.54. The molecule has 2 saturated heterocycles. The number of carbonyl (C=O) groups is 1. The van der Waals surface area contributed by atoms with E-state index in [0.717, 1.165) is 53.9 Å². The number of thiazole rings is 1. The number of amides is 1. The summed E-state index contributed by atoms with van der Waals surface area (Å²) in [7, 11) is -4.18. The predicted octanol–water partition coefficient (Wildman–Crippen LogP) is 6.06. The number of alkyl halides is 3. The van der Waals surface area contributed by atoms with E-state index in [4.69, 9.17) is 18.8 Å². The molecule has 2 aromatic heterocycles. The molecule has 3 aliphatic rings.